The molecule has 1 heterocycles. The Hall–Kier alpha value is -1.10. The van der Waals surface area contributed by atoms with Crippen molar-refractivity contribution in [2.75, 3.05) is 13.1 Å². The highest BCUT2D eigenvalue weighted by Gasteiger charge is 2.24. The van der Waals surface area contributed by atoms with Crippen molar-refractivity contribution in [1.29, 1.82) is 0 Å². The molecule has 3 N–H and O–H groups in total. The molecule has 1 aliphatic heterocycles. The minimum absolute atomic E-state index is 0.0397. The summed E-state index contributed by atoms with van der Waals surface area (Å²) in [5, 5.41) is 9.29. The van der Waals surface area contributed by atoms with E-state index in [1.165, 1.54) is 0 Å². The monoisotopic (exact) mass is 281 g/mol. The maximum atomic E-state index is 12.0. The Morgan fingerprint density at radius 1 is 1.20 bits per heavy atom. The quantitative estimate of drug-likeness (QED) is 0.702. The average molecular weight is 281 g/mol. The molecule has 5 nitrogen and oxygen atoms in total. The first-order valence-corrected chi connectivity index (χ1v) is 7.95. The third kappa shape index (κ3) is 4.78. The molecule has 2 rings (SSSR count). The number of rotatable bonds is 5. The molecule has 5 heteroatoms. The minimum Gasteiger partial charge on any atom is -0.353 e. The Morgan fingerprint density at radius 2 is 1.95 bits per heavy atom. The predicted octanol–water partition coefficient (Wildman–Crippen LogP) is 0.940. The molecule has 20 heavy (non-hydrogen) atoms. The van der Waals surface area contributed by atoms with Gasteiger partial charge in [-0.15, -0.1) is 0 Å². The fourth-order valence-electron chi connectivity index (χ4n) is 3.14. The van der Waals surface area contributed by atoms with Crippen LogP contribution in [0.2, 0.25) is 0 Å². The summed E-state index contributed by atoms with van der Waals surface area (Å²) in [6.45, 7) is 3.81. The average Bonchev–Trinajstić information content (AvgIpc) is 2.93. The highest BCUT2D eigenvalue weighted by molar-refractivity contribution is 5.81. The molecule has 2 unspecified atom stereocenters. The highest BCUT2D eigenvalue weighted by atomic mass is 16.2. The van der Waals surface area contributed by atoms with E-state index in [0.717, 1.165) is 51.6 Å². The van der Waals surface area contributed by atoms with Gasteiger partial charge in [0.25, 0.3) is 0 Å². The van der Waals surface area contributed by atoms with E-state index in [2.05, 4.69) is 16.0 Å². The summed E-state index contributed by atoms with van der Waals surface area (Å²) >= 11 is 0. The standard InChI is InChI=1S/C15H27N3O2/c1-11(17-15(20)12-5-2-3-6-12)9-14(19)18-13-7-4-8-16-10-13/h11-13,16H,2-10H2,1H3,(H,17,20)(H,18,19). The smallest absolute Gasteiger partial charge is 0.223 e. The number of nitrogens with one attached hydrogen (secondary N) is 3. The fraction of sp³-hybridized carbons (Fsp3) is 0.867. The second-order valence-electron chi connectivity index (χ2n) is 6.21. The molecule has 2 fully saturated rings. The molecule has 0 bridgehead atoms. The normalized spacial score (nSPS) is 25.1. The second kappa shape index (κ2) is 7.62. The Balaban J connectivity index is 1.66. The lowest BCUT2D eigenvalue weighted by Crippen LogP contribution is -2.47. The van der Waals surface area contributed by atoms with Gasteiger partial charge >= 0.3 is 0 Å². The second-order valence-corrected chi connectivity index (χ2v) is 6.21. The highest BCUT2D eigenvalue weighted by Crippen LogP contribution is 2.24. The van der Waals surface area contributed by atoms with Crippen LogP contribution in [0.25, 0.3) is 0 Å². The van der Waals surface area contributed by atoms with Crippen LogP contribution in [0.4, 0.5) is 0 Å². The summed E-state index contributed by atoms with van der Waals surface area (Å²) in [5.41, 5.74) is 0. The van der Waals surface area contributed by atoms with E-state index in [0.29, 0.717) is 6.42 Å². The van der Waals surface area contributed by atoms with Gasteiger partial charge in [-0.2, -0.15) is 0 Å². The van der Waals surface area contributed by atoms with Gasteiger partial charge in [0.05, 0.1) is 0 Å². The lowest BCUT2D eigenvalue weighted by atomic mass is 10.1. The fourth-order valence-corrected chi connectivity index (χ4v) is 3.14. The maximum absolute atomic E-state index is 12.0. The molecule has 1 aliphatic carbocycles. The SMILES string of the molecule is CC(CC(=O)NC1CCCNC1)NC(=O)C1CCCC1. The van der Waals surface area contributed by atoms with Crippen LogP contribution in [0.5, 0.6) is 0 Å². The van der Waals surface area contributed by atoms with E-state index in [4.69, 9.17) is 0 Å². The lowest BCUT2D eigenvalue weighted by molar-refractivity contribution is -0.126. The van der Waals surface area contributed by atoms with Crippen LogP contribution in [0.15, 0.2) is 0 Å². The van der Waals surface area contributed by atoms with Crippen LogP contribution in [-0.2, 0) is 9.59 Å². The van der Waals surface area contributed by atoms with Gasteiger partial charge in [0.15, 0.2) is 0 Å². The predicted molar refractivity (Wildman–Crippen MR) is 78.2 cm³/mol. The van der Waals surface area contributed by atoms with Gasteiger partial charge in [-0.25, -0.2) is 0 Å². The molecule has 0 radical (unpaired) electrons. The summed E-state index contributed by atoms with van der Waals surface area (Å²) in [5.74, 6) is 0.336. The van der Waals surface area contributed by atoms with E-state index < -0.39 is 0 Å². The third-order valence-electron chi connectivity index (χ3n) is 4.27. The summed E-state index contributed by atoms with van der Waals surface area (Å²) in [6.07, 6.45) is 6.83. The van der Waals surface area contributed by atoms with Crippen molar-refractivity contribution in [2.24, 2.45) is 5.92 Å². The molecule has 114 valence electrons. The van der Waals surface area contributed by atoms with E-state index in [-0.39, 0.29) is 29.8 Å². The van der Waals surface area contributed by atoms with E-state index in [1.54, 1.807) is 0 Å². The van der Waals surface area contributed by atoms with Crippen LogP contribution >= 0.6 is 0 Å². The zero-order valence-electron chi connectivity index (χ0n) is 12.4. The molecule has 0 aromatic carbocycles. The summed E-state index contributed by atoms with van der Waals surface area (Å²) in [6, 6.07) is 0.161. The Kier molecular flexibility index (Phi) is 5.83. The van der Waals surface area contributed by atoms with Crippen molar-refractivity contribution in [2.45, 2.75) is 64.0 Å². The Labute approximate surface area is 121 Å². The first kappa shape index (κ1) is 15.3. The van der Waals surface area contributed by atoms with Crippen molar-refractivity contribution in [1.82, 2.24) is 16.0 Å². The molecule has 1 saturated carbocycles. The summed E-state index contributed by atoms with van der Waals surface area (Å²) in [4.78, 5) is 23.9. The lowest BCUT2D eigenvalue weighted by Gasteiger charge is -2.24. The maximum Gasteiger partial charge on any atom is 0.223 e. The van der Waals surface area contributed by atoms with Crippen molar-refractivity contribution < 1.29 is 9.59 Å². The first-order valence-electron chi connectivity index (χ1n) is 7.95. The number of piperidine rings is 1. The first-order chi connectivity index (χ1) is 9.65. The van der Waals surface area contributed by atoms with Crippen molar-refractivity contribution in [3.05, 3.63) is 0 Å². The van der Waals surface area contributed by atoms with Crippen LogP contribution in [-0.4, -0.2) is 37.0 Å². The molecular formula is C15H27N3O2. The number of hydrogen-bond acceptors (Lipinski definition) is 3. The molecule has 2 amide bonds. The van der Waals surface area contributed by atoms with Crippen LogP contribution in [0.3, 0.4) is 0 Å². The Morgan fingerprint density at radius 3 is 2.60 bits per heavy atom. The van der Waals surface area contributed by atoms with Gasteiger partial charge in [-0.05, 0) is 39.2 Å². The van der Waals surface area contributed by atoms with Gasteiger partial charge in [-0.3, -0.25) is 9.59 Å². The van der Waals surface area contributed by atoms with Crippen LogP contribution < -0.4 is 16.0 Å². The van der Waals surface area contributed by atoms with E-state index in [1.807, 2.05) is 6.92 Å². The molecule has 0 aromatic heterocycles. The topological polar surface area (TPSA) is 70.2 Å². The third-order valence-corrected chi connectivity index (χ3v) is 4.27. The number of carbonyl (C=O) groups excluding carboxylic acids is 2. The van der Waals surface area contributed by atoms with Gasteiger partial charge in [0.2, 0.25) is 11.8 Å². The van der Waals surface area contributed by atoms with E-state index >= 15 is 0 Å². The van der Waals surface area contributed by atoms with Gasteiger partial charge in [0.1, 0.15) is 0 Å². The van der Waals surface area contributed by atoms with Gasteiger partial charge < -0.3 is 16.0 Å². The molecule has 0 aromatic rings. The molecule has 0 spiro atoms. The summed E-state index contributed by atoms with van der Waals surface area (Å²) < 4.78 is 0. The largest absolute Gasteiger partial charge is 0.353 e. The summed E-state index contributed by atoms with van der Waals surface area (Å²) in [7, 11) is 0. The molecular weight excluding hydrogens is 254 g/mol. The number of carbonyl (C=O) groups is 2. The Bertz CT molecular complexity index is 334. The van der Waals surface area contributed by atoms with Crippen molar-refractivity contribution >= 4 is 11.8 Å². The number of amides is 2. The van der Waals surface area contributed by atoms with Crippen molar-refractivity contribution in [3.63, 3.8) is 0 Å². The molecule has 2 atom stereocenters. The van der Waals surface area contributed by atoms with E-state index in [9.17, 15) is 9.59 Å². The van der Waals surface area contributed by atoms with Crippen LogP contribution in [0, 0.1) is 5.92 Å². The number of hydrogen-bond donors (Lipinski definition) is 3. The van der Waals surface area contributed by atoms with Gasteiger partial charge in [-0.1, -0.05) is 12.8 Å². The molecule has 2 aliphatic rings. The minimum atomic E-state index is -0.0837. The molecule has 1 saturated heterocycles. The van der Waals surface area contributed by atoms with Gasteiger partial charge in [0, 0.05) is 31.0 Å². The van der Waals surface area contributed by atoms with Crippen LogP contribution in [0.1, 0.15) is 51.9 Å². The van der Waals surface area contributed by atoms with Crippen molar-refractivity contribution in [3.8, 4) is 0 Å². The zero-order chi connectivity index (χ0) is 14.4. The zero-order valence-corrected chi connectivity index (χ0v) is 12.4.